The number of benzene rings is 1. The Hall–Kier alpha value is -3.14. The summed E-state index contributed by atoms with van der Waals surface area (Å²) in [6.45, 7) is 7.08. The topological polar surface area (TPSA) is 109 Å². The first-order valence-corrected chi connectivity index (χ1v) is 10.9. The summed E-state index contributed by atoms with van der Waals surface area (Å²) in [6, 6.07) is 4.39. The molecule has 1 atom stereocenters. The number of carbonyl (C=O) groups excluding carboxylic acids is 3. The predicted octanol–water partition coefficient (Wildman–Crippen LogP) is 2.60. The number of nitrogens with one attached hydrogen (secondary N) is 3. The highest BCUT2D eigenvalue weighted by molar-refractivity contribution is 5.95. The summed E-state index contributed by atoms with van der Waals surface area (Å²) in [5.41, 5.74) is 0.733. The molecule has 0 radical (unpaired) electrons. The van der Waals surface area contributed by atoms with E-state index in [-0.39, 0.29) is 11.6 Å². The van der Waals surface area contributed by atoms with E-state index >= 15 is 0 Å². The zero-order chi connectivity index (χ0) is 24.2. The molecule has 1 aromatic rings. The Morgan fingerprint density at radius 3 is 2.39 bits per heavy atom. The van der Waals surface area contributed by atoms with E-state index in [1.54, 1.807) is 0 Å². The summed E-state index contributed by atoms with van der Waals surface area (Å²) in [4.78, 5) is 39.1. The van der Waals surface area contributed by atoms with Gasteiger partial charge < -0.3 is 25.4 Å². The average Bonchev–Trinajstić information content (AvgIpc) is 2.73. The number of piperidine rings is 1. The van der Waals surface area contributed by atoms with E-state index in [1.165, 1.54) is 31.4 Å². The van der Waals surface area contributed by atoms with Crippen molar-refractivity contribution in [2.75, 3.05) is 26.7 Å². The van der Waals surface area contributed by atoms with Crippen molar-refractivity contribution < 1.29 is 28.2 Å². The molecule has 180 valence electrons. The molecule has 1 aromatic carbocycles. The minimum atomic E-state index is -0.756. The summed E-state index contributed by atoms with van der Waals surface area (Å²) >= 11 is 0. The van der Waals surface area contributed by atoms with Gasteiger partial charge in [0.05, 0.1) is 18.7 Å². The van der Waals surface area contributed by atoms with Crippen molar-refractivity contribution in [3.05, 3.63) is 46.9 Å². The number of likely N-dealkylation sites (tertiary alicyclic amines) is 1. The fourth-order valence-corrected chi connectivity index (χ4v) is 3.93. The van der Waals surface area contributed by atoms with E-state index < -0.39 is 35.6 Å². The molecule has 2 heterocycles. The molecule has 1 fully saturated rings. The van der Waals surface area contributed by atoms with Crippen LogP contribution in [-0.4, -0.2) is 61.4 Å². The molecule has 3 rings (SSSR count). The molecule has 10 heteroatoms. The monoisotopic (exact) mass is 462 g/mol. The molecular weight excluding hydrogens is 431 g/mol. The number of ether oxygens (including phenoxy) is 2. The highest BCUT2D eigenvalue weighted by atomic mass is 19.1. The number of alkyl carbamates (subject to hydrolysis) is 1. The molecule has 3 amide bonds. The Morgan fingerprint density at radius 2 is 1.82 bits per heavy atom. The minimum absolute atomic E-state index is 0.0141. The molecule has 0 aliphatic carbocycles. The van der Waals surface area contributed by atoms with Crippen LogP contribution in [0.4, 0.5) is 14.0 Å². The molecule has 1 saturated heterocycles. The van der Waals surface area contributed by atoms with Crippen LogP contribution in [0.25, 0.3) is 0 Å². The molecule has 1 unspecified atom stereocenters. The van der Waals surface area contributed by atoms with Crippen LogP contribution >= 0.6 is 0 Å². The van der Waals surface area contributed by atoms with Crippen LogP contribution in [-0.2, 0) is 14.3 Å². The van der Waals surface area contributed by atoms with Crippen LogP contribution in [0.2, 0.25) is 0 Å². The molecule has 2 aliphatic rings. The van der Waals surface area contributed by atoms with Crippen LogP contribution in [0.3, 0.4) is 0 Å². The predicted molar refractivity (Wildman–Crippen MR) is 119 cm³/mol. The fourth-order valence-electron chi connectivity index (χ4n) is 3.93. The van der Waals surface area contributed by atoms with E-state index in [1.807, 2.05) is 20.8 Å². The lowest BCUT2D eigenvalue weighted by molar-refractivity contribution is -0.136. The van der Waals surface area contributed by atoms with Gasteiger partial charge in [0.1, 0.15) is 11.4 Å². The van der Waals surface area contributed by atoms with Crippen molar-refractivity contribution in [3.63, 3.8) is 0 Å². The Kier molecular flexibility index (Phi) is 7.57. The van der Waals surface area contributed by atoms with Crippen LogP contribution < -0.4 is 16.0 Å². The molecular formula is C23H31FN4O5. The molecule has 9 nitrogen and oxygen atoms in total. The van der Waals surface area contributed by atoms with E-state index in [4.69, 9.17) is 9.47 Å². The maximum atomic E-state index is 13.4. The highest BCUT2D eigenvalue weighted by Crippen LogP contribution is 2.28. The minimum Gasteiger partial charge on any atom is -0.466 e. The average molecular weight is 463 g/mol. The highest BCUT2D eigenvalue weighted by Gasteiger charge is 2.34. The second kappa shape index (κ2) is 10.2. The van der Waals surface area contributed by atoms with E-state index in [9.17, 15) is 18.8 Å². The molecule has 0 bridgehead atoms. The Morgan fingerprint density at radius 1 is 1.18 bits per heavy atom. The summed E-state index contributed by atoms with van der Waals surface area (Å²) in [5, 5.41) is 8.34. The third-order valence-corrected chi connectivity index (χ3v) is 5.45. The Bertz CT molecular complexity index is 918. The SMILES string of the molecule is COC(=O)C1=C(CN2CCC(NC(=O)OC(C)(C)C)CC2)NC(=O)NC1c1ccc(F)cc1. The third kappa shape index (κ3) is 6.67. The van der Waals surface area contributed by atoms with Gasteiger partial charge in [-0.25, -0.2) is 18.8 Å². The van der Waals surface area contributed by atoms with Gasteiger partial charge in [-0.1, -0.05) is 12.1 Å². The van der Waals surface area contributed by atoms with Crippen molar-refractivity contribution in [3.8, 4) is 0 Å². The van der Waals surface area contributed by atoms with Crippen molar-refractivity contribution >= 4 is 18.1 Å². The van der Waals surface area contributed by atoms with Crippen molar-refractivity contribution in [1.29, 1.82) is 0 Å². The van der Waals surface area contributed by atoms with Gasteiger partial charge in [0, 0.05) is 31.4 Å². The van der Waals surface area contributed by atoms with E-state index in [2.05, 4.69) is 20.9 Å². The van der Waals surface area contributed by atoms with Crippen LogP contribution in [0.1, 0.15) is 45.2 Å². The number of esters is 1. The van der Waals surface area contributed by atoms with E-state index in [0.29, 0.717) is 43.7 Å². The second-order valence-corrected chi connectivity index (χ2v) is 9.16. The lowest BCUT2D eigenvalue weighted by Crippen LogP contribution is -2.50. The van der Waals surface area contributed by atoms with Crippen molar-refractivity contribution in [2.45, 2.75) is 51.3 Å². The number of halogens is 1. The van der Waals surface area contributed by atoms with Gasteiger partial charge in [-0.05, 0) is 51.3 Å². The number of hydrogen-bond acceptors (Lipinski definition) is 6. The smallest absolute Gasteiger partial charge is 0.407 e. The lowest BCUT2D eigenvalue weighted by atomic mass is 9.94. The molecule has 0 aromatic heterocycles. The summed E-state index contributed by atoms with van der Waals surface area (Å²) in [7, 11) is 1.28. The Labute approximate surface area is 192 Å². The van der Waals surface area contributed by atoms with Gasteiger partial charge in [0.15, 0.2) is 0 Å². The summed E-state index contributed by atoms with van der Waals surface area (Å²) in [5.74, 6) is -0.987. The second-order valence-electron chi connectivity index (χ2n) is 9.16. The number of urea groups is 1. The lowest BCUT2D eigenvalue weighted by Gasteiger charge is -2.35. The largest absolute Gasteiger partial charge is 0.466 e. The molecule has 2 aliphatic heterocycles. The van der Waals surface area contributed by atoms with Gasteiger partial charge in [-0.2, -0.15) is 0 Å². The van der Waals surface area contributed by atoms with Crippen LogP contribution in [0.15, 0.2) is 35.5 Å². The first-order chi connectivity index (χ1) is 15.6. The first kappa shape index (κ1) is 24.5. The van der Waals surface area contributed by atoms with E-state index in [0.717, 1.165) is 0 Å². The quantitative estimate of drug-likeness (QED) is 0.581. The first-order valence-electron chi connectivity index (χ1n) is 10.9. The standard InChI is InChI=1S/C23H31FN4O5/c1-23(2,3)33-22(31)25-16-9-11-28(12-10-16)13-17-18(20(29)32-4)19(27-21(30)26-17)14-5-7-15(24)8-6-14/h5-8,16,19H,9-13H2,1-4H3,(H,25,31)(H2,26,27,30). The van der Waals surface area contributed by atoms with Gasteiger partial charge in [-0.3, -0.25) is 4.90 Å². The molecule has 33 heavy (non-hydrogen) atoms. The van der Waals surface area contributed by atoms with Crippen LogP contribution in [0.5, 0.6) is 0 Å². The van der Waals surface area contributed by atoms with Gasteiger partial charge >= 0.3 is 18.1 Å². The number of amides is 3. The number of hydrogen-bond donors (Lipinski definition) is 3. The maximum absolute atomic E-state index is 13.4. The van der Waals surface area contributed by atoms with Gasteiger partial charge in [0.2, 0.25) is 0 Å². The molecule has 0 saturated carbocycles. The Balaban J connectivity index is 1.71. The molecule has 0 spiro atoms. The molecule has 3 N–H and O–H groups in total. The zero-order valence-corrected chi connectivity index (χ0v) is 19.4. The van der Waals surface area contributed by atoms with Crippen molar-refractivity contribution in [2.24, 2.45) is 0 Å². The number of nitrogens with zero attached hydrogens (tertiary/aromatic N) is 1. The number of rotatable bonds is 5. The summed E-state index contributed by atoms with van der Waals surface area (Å²) in [6.07, 6.45) is 0.964. The maximum Gasteiger partial charge on any atom is 0.407 e. The number of carbonyl (C=O) groups is 3. The normalized spacial score (nSPS) is 20.0. The fraction of sp³-hybridized carbons (Fsp3) is 0.522. The third-order valence-electron chi connectivity index (χ3n) is 5.45. The summed E-state index contributed by atoms with van der Waals surface area (Å²) < 4.78 is 23.7. The zero-order valence-electron chi connectivity index (χ0n) is 19.4. The van der Waals surface area contributed by atoms with Gasteiger partial charge in [-0.15, -0.1) is 0 Å². The number of methoxy groups -OCH3 is 1. The van der Waals surface area contributed by atoms with Crippen molar-refractivity contribution in [1.82, 2.24) is 20.9 Å². The van der Waals surface area contributed by atoms with Crippen LogP contribution in [0, 0.1) is 5.82 Å². The van der Waals surface area contributed by atoms with Gasteiger partial charge in [0.25, 0.3) is 0 Å².